The van der Waals surface area contributed by atoms with Gasteiger partial charge in [0.05, 0.1) is 26.8 Å². The molecule has 0 radical (unpaired) electrons. The third-order valence-corrected chi connectivity index (χ3v) is 5.32. The van der Waals surface area contributed by atoms with Crippen LogP contribution in [0.25, 0.3) is 0 Å². The molecule has 5 nitrogen and oxygen atoms in total. The van der Waals surface area contributed by atoms with Crippen molar-refractivity contribution >= 4 is 5.71 Å². The Labute approximate surface area is 173 Å². The highest BCUT2D eigenvalue weighted by Gasteiger charge is 2.30. The fourth-order valence-electron chi connectivity index (χ4n) is 3.69. The number of methoxy groups -OCH3 is 1. The minimum Gasteiger partial charge on any atom is -1.00 e. The maximum atomic E-state index is 8.96. The molecule has 152 valence electrons. The monoisotopic (exact) mass is 404 g/mol. The summed E-state index contributed by atoms with van der Waals surface area (Å²) in [7, 11) is 3.84. The van der Waals surface area contributed by atoms with Gasteiger partial charge in [-0.05, 0) is 42.2 Å². The van der Waals surface area contributed by atoms with Crippen molar-refractivity contribution in [3.63, 3.8) is 0 Å². The van der Waals surface area contributed by atoms with Crippen molar-refractivity contribution in [3.8, 4) is 11.5 Å². The summed E-state index contributed by atoms with van der Waals surface area (Å²) in [6.45, 7) is 1.50. The van der Waals surface area contributed by atoms with Gasteiger partial charge in [0.25, 0.3) is 0 Å². The highest BCUT2D eigenvalue weighted by Crippen LogP contribution is 2.22. The van der Waals surface area contributed by atoms with Crippen LogP contribution in [0.2, 0.25) is 0 Å². The first kappa shape index (κ1) is 22.1. The molecule has 1 aliphatic heterocycles. The van der Waals surface area contributed by atoms with Crippen molar-refractivity contribution in [2.75, 3.05) is 27.3 Å². The molecule has 3 rings (SSSR count). The predicted octanol–water partition coefficient (Wildman–Crippen LogP) is -0.629. The smallest absolute Gasteiger partial charge is 0.122 e. The molecule has 1 fully saturated rings. The van der Waals surface area contributed by atoms with Gasteiger partial charge in [0.1, 0.15) is 23.8 Å². The van der Waals surface area contributed by atoms with E-state index in [9.17, 15) is 0 Å². The molecule has 2 atom stereocenters. The second kappa shape index (κ2) is 10.9. The van der Waals surface area contributed by atoms with Crippen LogP contribution in [0.3, 0.4) is 0 Å². The average Bonchev–Trinajstić information content (AvgIpc) is 3.07. The van der Waals surface area contributed by atoms with Gasteiger partial charge in [0.15, 0.2) is 0 Å². The van der Waals surface area contributed by atoms with Crippen molar-refractivity contribution in [3.05, 3.63) is 59.7 Å². The van der Waals surface area contributed by atoms with Gasteiger partial charge >= 0.3 is 0 Å². The van der Waals surface area contributed by atoms with E-state index >= 15 is 0 Å². The highest BCUT2D eigenvalue weighted by atomic mass is 35.5. The Morgan fingerprint density at radius 1 is 1.14 bits per heavy atom. The number of hydrogen-bond acceptors (Lipinski definition) is 4. The summed E-state index contributed by atoms with van der Waals surface area (Å²) in [5.74, 6) is 1.86. The number of rotatable bonds is 8. The number of aryl methyl sites for hydroxylation is 2. The number of likely N-dealkylation sites (tertiary alicyclic amines) is 1. The number of hydrogen-bond donors (Lipinski definition) is 2. The van der Waals surface area contributed by atoms with E-state index < -0.39 is 0 Å². The Hall–Kier alpha value is -2.24. The third kappa shape index (κ3) is 5.88. The highest BCUT2D eigenvalue weighted by molar-refractivity contribution is 5.86. The standard InChI is InChI=1S/C22H28N2O3.ClH/c1-24-16-19(23-25)15-20(24)12-13-27-22-9-4-3-7-18(22)11-10-17-6-5-8-21(14-17)26-2;/h3-9,14,20,25H,10-13,15-16H2,1-2H3;1H/b23-19-;/t20-;/m1./s1. The van der Waals surface area contributed by atoms with Crippen molar-refractivity contribution in [1.82, 2.24) is 0 Å². The van der Waals surface area contributed by atoms with Crippen molar-refractivity contribution in [1.29, 1.82) is 0 Å². The topological polar surface area (TPSA) is 55.5 Å². The van der Waals surface area contributed by atoms with Crippen LogP contribution in [0.5, 0.6) is 11.5 Å². The summed E-state index contributed by atoms with van der Waals surface area (Å²) < 4.78 is 11.4. The van der Waals surface area contributed by atoms with Crippen LogP contribution in [0, 0.1) is 0 Å². The first-order chi connectivity index (χ1) is 13.2. The Morgan fingerprint density at radius 2 is 1.96 bits per heavy atom. The molecule has 0 bridgehead atoms. The third-order valence-electron chi connectivity index (χ3n) is 5.32. The Kier molecular flexibility index (Phi) is 8.61. The maximum absolute atomic E-state index is 8.96. The van der Waals surface area contributed by atoms with Crippen LogP contribution in [-0.4, -0.2) is 44.3 Å². The number of halogens is 1. The number of nitrogens with zero attached hydrogens (tertiary/aromatic N) is 1. The summed E-state index contributed by atoms with van der Waals surface area (Å²) in [5.41, 5.74) is 3.37. The molecule has 2 aromatic carbocycles. The molecule has 0 spiro atoms. The molecule has 0 amide bonds. The number of quaternary nitrogens is 1. The van der Waals surface area contributed by atoms with Gasteiger partial charge in [-0.1, -0.05) is 35.5 Å². The molecule has 6 heteroatoms. The second-order valence-corrected chi connectivity index (χ2v) is 7.19. The van der Waals surface area contributed by atoms with Crippen LogP contribution in [0.1, 0.15) is 24.0 Å². The number of para-hydroxylation sites is 1. The lowest BCUT2D eigenvalue weighted by Gasteiger charge is -2.17. The van der Waals surface area contributed by atoms with Gasteiger partial charge in [0, 0.05) is 12.8 Å². The van der Waals surface area contributed by atoms with Crippen LogP contribution in [0.15, 0.2) is 53.7 Å². The van der Waals surface area contributed by atoms with E-state index in [4.69, 9.17) is 14.7 Å². The summed E-state index contributed by atoms with van der Waals surface area (Å²) in [5, 5.41) is 12.3. The number of benzene rings is 2. The van der Waals surface area contributed by atoms with E-state index in [-0.39, 0.29) is 12.4 Å². The zero-order valence-corrected chi connectivity index (χ0v) is 17.3. The van der Waals surface area contributed by atoms with Gasteiger partial charge in [0.2, 0.25) is 0 Å². The SMILES string of the molecule is COc1cccc(CCc2ccccc2OCC[C@@H]2C/C(=N/O)C[NH+]2C)c1.[Cl-]. The molecule has 1 aliphatic rings. The number of nitrogens with one attached hydrogen (secondary N) is 1. The van der Waals surface area contributed by atoms with Crippen LogP contribution in [-0.2, 0) is 12.8 Å². The lowest BCUT2D eigenvalue weighted by atomic mass is 10.0. The molecular formula is C22H29ClN2O3. The first-order valence-electron chi connectivity index (χ1n) is 9.55. The van der Waals surface area contributed by atoms with E-state index in [2.05, 4.69) is 36.5 Å². The summed E-state index contributed by atoms with van der Waals surface area (Å²) in [4.78, 5) is 1.39. The minimum atomic E-state index is 0. The summed E-state index contributed by atoms with van der Waals surface area (Å²) >= 11 is 0. The van der Waals surface area contributed by atoms with E-state index in [0.717, 1.165) is 49.4 Å². The zero-order chi connectivity index (χ0) is 19.1. The lowest BCUT2D eigenvalue weighted by Crippen LogP contribution is -3.11. The Bertz CT molecular complexity index is 782. The van der Waals surface area contributed by atoms with Gasteiger partial charge < -0.3 is 32.0 Å². The predicted molar refractivity (Wildman–Crippen MR) is 106 cm³/mol. The van der Waals surface area contributed by atoms with Crippen LogP contribution >= 0.6 is 0 Å². The van der Waals surface area contributed by atoms with Gasteiger partial charge in [-0.3, -0.25) is 0 Å². The van der Waals surface area contributed by atoms with Crippen molar-refractivity contribution < 1.29 is 32.0 Å². The van der Waals surface area contributed by atoms with Crippen molar-refractivity contribution in [2.24, 2.45) is 5.16 Å². The normalized spacial score (nSPS) is 20.0. The average molecular weight is 405 g/mol. The van der Waals surface area contributed by atoms with Gasteiger partial charge in [-0.2, -0.15) is 0 Å². The molecule has 28 heavy (non-hydrogen) atoms. The van der Waals surface area contributed by atoms with Gasteiger partial charge in [-0.15, -0.1) is 0 Å². The van der Waals surface area contributed by atoms with Crippen LogP contribution < -0.4 is 26.8 Å². The summed E-state index contributed by atoms with van der Waals surface area (Å²) in [6.07, 6.45) is 3.68. The van der Waals surface area contributed by atoms with E-state index in [1.807, 2.05) is 24.3 Å². The van der Waals surface area contributed by atoms with Crippen molar-refractivity contribution in [2.45, 2.75) is 31.7 Å². The summed E-state index contributed by atoms with van der Waals surface area (Å²) in [6, 6.07) is 16.9. The molecular weight excluding hydrogens is 376 g/mol. The zero-order valence-electron chi connectivity index (χ0n) is 16.5. The molecule has 2 aromatic rings. The fraction of sp³-hybridized carbons (Fsp3) is 0.409. The Balaban J connectivity index is 0.00000280. The quantitative estimate of drug-likeness (QED) is 0.455. The molecule has 2 N–H and O–H groups in total. The molecule has 1 heterocycles. The number of oxime groups is 1. The molecule has 0 aromatic heterocycles. The van der Waals surface area contributed by atoms with Gasteiger partial charge in [-0.25, -0.2) is 0 Å². The second-order valence-electron chi connectivity index (χ2n) is 7.19. The van der Waals surface area contributed by atoms with E-state index in [1.165, 1.54) is 16.0 Å². The molecule has 0 aliphatic carbocycles. The molecule has 1 unspecified atom stereocenters. The fourth-order valence-corrected chi connectivity index (χ4v) is 3.69. The maximum Gasteiger partial charge on any atom is 0.122 e. The van der Waals surface area contributed by atoms with E-state index in [0.29, 0.717) is 12.6 Å². The minimum absolute atomic E-state index is 0. The largest absolute Gasteiger partial charge is 1.00 e. The van der Waals surface area contributed by atoms with Crippen LogP contribution in [0.4, 0.5) is 0 Å². The molecule has 1 saturated heterocycles. The Morgan fingerprint density at radius 3 is 2.71 bits per heavy atom. The van der Waals surface area contributed by atoms with E-state index in [1.54, 1.807) is 7.11 Å². The molecule has 0 saturated carbocycles. The number of ether oxygens (including phenoxy) is 2. The lowest BCUT2D eigenvalue weighted by molar-refractivity contribution is -0.888. The first-order valence-corrected chi connectivity index (χ1v) is 9.55.